The second-order valence-corrected chi connectivity index (χ2v) is 5.39. The Labute approximate surface area is 115 Å². The summed E-state index contributed by atoms with van der Waals surface area (Å²) in [6.45, 7) is 3.53. The number of nitrogens with zero attached hydrogens (tertiary/aromatic N) is 2. The van der Waals surface area contributed by atoms with Gasteiger partial charge in [0.25, 0.3) is 0 Å². The zero-order valence-corrected chi connectivity index (χ0v) is 12.1. The summed E-state index contributed by atoms with van der Waals surface area (Å²) < 4.78 is 0. The van der Waals surface area contributed by atoms with Crippen LogP contribution < -0.4 is 0 Å². The molecule has 1 aliphatic rings. The Balaban J connectivity index is 2.41. The third-order valence-corrected chi connectivity index (χ3v) is 3.83. The lowest BCUT2D eigenvalue weighted by Gasteiger charge is -2.31. The highest BCUT2D eigenvalue weighted by Gasteiger charge is 2.21. The van der Waals surface area contributed by atoms with E-state index in [9.17, 15) is 9.59 Å². The standard InChI is InChI=1S/C14H26N2O3/c1-3-16(10-9-13(17)18)14(19)15(2)11-12-7-5-4-6-8-12/h12H,3-11H2,1-2H3,(H,17,18). The minimum absolute atomic E-state index is 0.0108. The predicted octanol–water partition coefficient (Wildman–Crippen LogP) is 2.42. The van der Waals surface area contributed by atoms with E-state index in [0.29, 0.717) is 19.0 Å². The van der Waals surface area contributed by atoms with Crippen molar-refractivity contribution in [1.29, 1.82) is 0 Å². The first-order chi connectivity index (χ1) is 9.04. The SMILES string of the molecule is CCN(CCC(=O)O)C(=O)N(C)CC1CCCCC1. The number of amides is 2. The first kappa shape index (κ1) is 15.8. The van der Waals surface area contributed by atoms with Gasteiger partial charge in [-0.3, -0.25) is 4.79 Å². The first-order valence-corrected chi connectivity index (χ1v) is 7.26. The van der Waals surface area contributed by atoms with Gasteiger partial charge >= 0.3 is 12.0 Å². The maximum Gasteiger partial charge on any atom is 0.319 e. The number of urea groups is 1. The molecule has 0 radical (unpaired) electrons. The second-order valence-electron chi connectivity index (χ2n) is 5.39. The molecule has 1 rings (SSSR count). The summed E-state index contributed by atoms with van der Waals surface area (Å²) >= 11 is 0. The number of hydrogen-bond acceptors (Lipinski definition) is 2. The van der Waals surface area contributed by atoms with Crippen molar-refractivity contribution in [1.82, 2.24) is 9.80 Å². The monoisotopic (exact) mass is 270 g/mol. The maximum absolute atomic E-state index is 12.2. The zero-order valence-electron chi connectivity index (χ0n) is 12.1. The number of aliphatic carboxylic acids is 1. The number of carbonyl (C=O) groups excluding carboxylic acids is 1. The fourth-order valence-corrected chi connectivity index (χ4v) is 2.70. The Morgan fingerprint density at radius 2 is 1.84 bits per heavy atom. The lowest BCUT2D eigenvalue weighted by atomic mass is 9.89. The molecule has 0 bridgehead atoms. The maximum atomic E-state index is 12.2. The van der Waals surface area contributed by atoms with Crippen LogP contribution in [0.1, 0.15) is 45.4 Å². The predicted molar refractivity (Wildman–Crippen MR) is 74.1 cm³/mol. The number of hydrogen-bond donors (Lipinski definition) is 1. The van der Waals surface area contributed by atoms with Gasteiger partial charge in [0.1, 0.15) is 0 Å². The largest absolute Gasteiger partial charge is 0.481 e. The molecular weight excluding hydrogens is 244 g/mol. The van der Waals surface area contributed by atoms with Gasteiger partial charge in [0.15, 0.2) is 0 Å². The van der Waals surface area contributed by atoms with Crippen molar-refractivity contribution >= 4 is 12.0 Å². The molecule has 0 aromatic rings. The molecule has 5 heteroatoms. The van der Waals surface area contributed by atoms with E-state index in [-0.39, 0.29) is 12.5 Å². The van der Waals surface area contributed by atoms with Crippen LogP contribution in [0.2, 0.25) is 0 Å². The highest BCUT2D eigenvalue weighted by atomic mass is 16.4. The normalized spacial score (nSPS) is 16.1. The summed E-state index contributed by atoms with van der Waals surface area (Å²) in [7, 11) is 1.82. The molecule has 0 atom stereocenters. The van der Waals surface area contributed by atoms with Crippen LogP contribution in [0, 0.1) is 5.92 Å². The van der Waals surface area contributed by atoms with Crippen molar-refractivity contribution in [2.24, 2.45) is 5.92 Å². The van der Waals surface area contributed by atoms with E-state index >= 15 is 0 Å². The molecule has 2 amide bonds. The lowest BCUT2D eigenvalue weighted by Crippen LogP contribution is -2.44. The third kappa shape index (κ3) is 5.49. The van der Waals surface area contributed by atoms with Crippen molar-refractivity contribution in [3.63, 3.8) is 0 Å². The molecular formula is C14H26N2O3. The van der Waals surface area contributed by atoms with E-state index in [1.165, 1.54) is 32.1 Å². The quantitative estimate of drug-likeness (QED) is 0.806. The molecule has 1 fully saturated rings. The Morgan fingerprint density at radius 3 is 2.37 bits per heavy atom. The average Bonchev–Trinajstić information content (AvgIpc) is 2.40. The van der Waals surface area contributed by atoms with Crippen LogP contribution in [0.25, 0.3) is 0 Å². The van der Waals surface area contributed by atoms with Crippen LogP contribution >= 0.6 is 0 Å². The minimum Gasteiger partial charge on any atom is -0.481 e. The number of carbonyl (C=O) groups is 2. The molecule has 0 saturated heterocycles. The molecule has 5 nitrogen and oxygen atoms in total. The Kier molecular flexibility index (Phi) is 6.67. The molecule has 0 unspecified atom stereocenters. The zero-order chi connectivity index (χ0) is 14.3. The van der Waals surface area contributed by atoms with Gasteiger partial charge in [-0.05, 0) is 25.7 Å². The van der Waals surface area contributed by atoms with Gasteiger partial charge < -0.3 is 14.9 Å². The van der Waals surface area contributed by atoms with E-state index in [4.69, 9.17) is 5.11 Å². The van der Waals surface area contributed by atoms with Crippen LogP contribution in [0.3, 0.4) is 0 Å². The molecule has 19 heavy (non-hydrogen) atoms. The van der Waals surface area contributed by atoms with Crippen molar-refractivity contribution in [3.8, 4) is 0 Å². The van der Waals surface area contributed by atoms with Crippen molar-refractivity contribution < 1.29 is 14.7 Å². The molecule has 0 aromatic carbocycles. The van der Waals surface area contributed by atoms with Crippen LogP contribution in [0.15, 0.2) is 0 Å². The fourth-order valence-electron chi connectivity index (χ4n) is 2.70. The Morgan fingerprint density at radius 1 is 1.21 bits per heavy atom. The number of rotatable bonds is 6. The molecule has 1 aliphatic carbocycles. The summed E-state index contributed by atoms with van der Waals surface area (Å²) in [4.78, 5) is 26.2. The van der Waals surface area contributed by atoms with E-state index in [1.54, 1.807) is 9.80 Å². The van der Waals surface area contributed by atoms with E-state index in [1.807, 2.05) is 14.0 Å². The second kappa shape index (κ2) is 8.02. The molecule has 0 heterocycles. The smallest absolute Gasteiger partial charge is 0.319 e. The topological polar surface area (TPSA) is 60.9 Å². The van der Waals surface area contributed by atoms with Crippen LogP contribution in [-0.4, -0.2) is 53.6 Å². The third-order valence-electron chi connectivity index (χ3n) is 3.83. The summed E-state index contributed by atoms with van der Waals surface area (Å²) in [6.07, 6.45) is 6.27. The summed E-state index contributed by atoms with van der Waals surface area (Å²) in [6, 6.07) is -0.0469. The van der Waals surface area contributed by atoms with E-state index in [2.05, 4.69) is 0 Å². The van der Waals surface area contributed by atoms with Crippen molar-refractivity contribution in [2.45, 2.75) is 45.4 Å². The summed E-state index contributed by atoms with van der Waals surface area (Å²) in [5.74, 6) is -0.248. The highest BCUT2D eigenvalue weighted by Crippen LogP contribution is 2.24. The molecule has 0 spiro atoms. The van der Waals surface area contributed by atoms with E-state index in [0.717, 1.165) is 6.54 Å². The Bertz CT molecular complexity index is 301. The van der Waals surface area contributed by atoms with Gasteiger partial charge in [-0.25, -0.2) is 4.79 Å². The molecule has 0 aliphatic heterocycles. The number of carboxylic acid groups (broad SMARTS) is 1. The highest BCUT2D eigenvalue weighted by molar-refractivity contribution is 5.75. The van der Waals surface area contributed by atoms with Gasteiger partial charge in [-0.15, -0.1) is 0 Å². The van der Waals surface area contributed by atoms with Gasteiger partial charge in [-0.1, -0.05) is 19.3 Å². The molecule has 1 saturated carbocycles. The fraction of sp³-hybridized carbons (Fsp3) is 0.857. The Hall–Kier alpha value is -1.26. The van der Waals surface area contributed by atoms with Crippen LogP contribution in [0.4, 0.5) is 4.79 Å². The number of carboxylic acids is 1. The summed E-state index contributed by atoms with van der Waals surface area (Å²) in [5.41, 5.74) is 0. The first-order valence-electron chi connectivity index (χ1n) is 7.26. The average molecular weight is 270 g/mol. The summed E-state index contributed by atoms with van der Waals surface area (Å²) in [5, 5.41) is 8.69. The molecule has 0 aromatic heterocycles. The van der Waals surface area contributed by atoms with Crippen LogP contribution in [0.5, 0.6) is 0 Å². The molecule has 110 valence electrons. The van der Waals surface area contributed by atoms with Crippen molar-refractivity contribution in [3.05, 3.63) is 0 Å². The van der Waals surface area contributed by atoms with Gasteiger partial charge in [-0.2, -0.15) is 0 Å². The van der Waals surface area contributed by atoms with Crippen LogP contribution in [-0.2, 0) is 4.79 Å². The van der Waals surface area contributed by atoms with Gasteiger partial charge in [0, 0.05) is 26.7 Å². The molecule has 1 N–H and O–H groups in total. The van der Waals surface area contributed by atoms with Gasteiger partial charge in [0.2, 0.25) is 0 Å². The minimum atomic E-state index is -0.860. The van der Waals surface area contributed by atoms with E-state index < -0.39 is 5.97 Å². The van der Waals surface area contributed by atoms with Crippen molar-refractivity contribution in [2.75, 3.05) is 26.7 Å². The van der Waals surface area contributed by atoms with Gasteiger partial charge in [0.05, 0.1) is 6.42 Å². The lowest BCUT2D eigenvalue weighted by molar-refractivity contribution is -0.137.